The SMILES string of the molecule is CCN1CCC(CNC(=O)CN2C(=O)CSc3ccccc32)CC1. The standard InChI is InChI=1S/C18H25N3O2S/c1-2-20-9-7-14(8-10-20)11-19-17(22)12-21-15-5-3-4-6-16(15)24-13-18(21)23/h3-6,14H,2,7-13H2,1H3,(H,19,22). The number of anilines is 1. The number of nitrogens with zero attached hydrogens (tertiary/aromatic N) is 2. The van der Waals surface area contributed by atoms with E-state index in [4.69, 9.17) is 0 Å². The number of carbonyl (C=O) groups excluding carboxylic acids is 2. The van der Waals surface area contributed by atoms with E-state index >= 15 is 0 Å². The van der Waals surface area contributed by atoms with Crippen molar-refractivity contribution in [3.63, 3.8) is 0 Å². The van der Waals surface area contributed by atoms with Crippen LogP contribution >= 0.6 is 11.8 Å². The number of hydrogen-bond acceptors (Lipinski definition) is 4. The van der Waals surface area contributed by atoms with Gasteiger partial charge >= 0.3 is 0 Å². The number of thioether (sulfide) groups is 1. The molecule has 0 saturated carbocycles. The molecule has 130 valence electrons. The molecule has 0 unspecified atom stereocenters. The molecule has 5 nitrogen and oxygen atoms in total. The number of rotatable bonds is 5. The van der Waals surface area contributed by atoms with Gasteiger partial charge in [-0.25, -0.2) is 0 Å². The van der Waals surface area contributed by atoms with Gasteiger partial charge in [-0.15, -0.1) is 11.8 Å². The Balaban J connectivity index is 1.51. The predicted octanol–water partition coefficient (Wildman–Crippen LogP) is 1.97. The third-order valence-corrected chi connectivity index (χ3v) is 5.90. The summed E-state index contributed by atoms with van der Waals surface area (Å²) in [6.07, 6.45) is 2.27. The highest BCUT2D eigenvalue weighted by Crippen LogP contribution is 2.34. The number of likely N-dealkylation sites (tertiary alicyclic amines) is 1. The Morgan fingerprint density at radius 1 is 1.29 bits per heavy atom. The summed E-state index contributed by atoms with van der Waals surface area (Å²) in [5, 5.41) is 3.03. The fraction of sp³-hybridized carbons (Fsp3) is 0.556. The normalized spacial score (nSPS) is 19.2. The lowest BCUT2D eigenvalue weighted by atomic mass is 9.97. The summed E-state index contributed by atoms with van der Waals surface area (Å²) in [7, 11) is 0. The summed E-state index contributed by atoms with van der Waals surface area (Å²) in [5.74, 6) is 0.893. The fourth-order valence-corrected chi connectivity index (χ4v) is 4.23. The maximum Gasteiger partial charge on any atom is 0.240 e. The quantitative estimate of drug-likeness (QED) is 0.885. The van der Waals surface area contributed by atoms with E-state index in [0.29, 0.717) is 11.7 Å². The maximum atomic E-state index is 12.3. The van der Waals surface area contributed by atoms with Crippen molar-refractivity contribution >= 4 is 29.3 Å². The molecule has 0 atom stereocenters. The molecule has 0 radical (unpaired) electrons. The molecule has 3 rings (SSSR count). The zero-order valence-corrected chi connectivity index (χ0v) is 15.0. The summed E-state index contributed by atoms with van der Waals surface area (Å²) in [6.45, 7) is 6.36. The van der Waals surface area contributed by atoms with Crippen molar-refractivity contribution in [2.75, 3.05) is 43.4 Å². The Bertz CT molecular complexity index is 600. The molecule has 0 bridgehead atoms. The number of nitrogens with one attached hydrogen (secondary N) is 1. The van der Waals surface area contributed by atoms with Crippen molar-refractivity contribution in [1.82, 2.24) is 10.2 Å². The van der Waals surface area contributed by atoms with Crippen LogP contribution in [0.3, 0.4) is 0 Å². The Morgan fingerprint density at radius 3 is 2.79 bits per heavy atom. The summed E-state index contributed by atoms with van der Waals surface area (Å²) in [5.41, 5.74) is 0.852. The second kappa shape index (κ2) is 8.03. The lowest BCUT2D eigenvalue weighted by Crippen LogP contribution is -2.45. The van der Waals surface area contributed by atoms with Crippen molar-refractivity contribution in [1.29, 1.82) is 0 Å². The molecule has 0 aromatic heterocycles. The van der Waals surface area contributed by atoms with E-state index in [1.54, 1.807) is 4.90 Å². The van der Waals surface area contributed by atoms with E-state index in [1.807, 2.05) is 24.3 Å². The van der Waals surface area contributed by atoms with Gasteiger partial charge in [0.2, 0.25) is 11.8 Å². The first-order valence-corrected chi connectivity index (χ1v) is 9.67. The molecule has 2 aliphatic heterocycles. The van der Waals surface area contributed by atoms with Crippen molar-refractivity contribution in [3.8, 4) is 0 Å². The molecule has 24 heavy (non-hydrogen) atoms. The zero-order valence-electron chi connectivity index (χ0n) is 14.2. The van der Waals surface area contributed by atoms with Crippen LogP contribution in [0.15, 0.2) is 29.2 Å². The van der Waals surface area contributed by atoms with Gasteiger partial charge in [-0.3, -0.25) is 9.59 Å². The molecule has 1 fully saturated rings. The van der Waals surface area contributed by atoms with Gasteiger partial charge in [-0.2, -0.15) is 0 Å². The molecule has 1 aromatic rings. The third-order valence-electron chi connectivity index (χ3n) is 4.85. The third kappa shape index (κ3) is 4.11. The maximum absolute atomic E-state index is 12.3. The molecule has 1 aromatic carbocycles. The Kier molecular flexibility index (Phi) is 5.79. The van der Waals surface area contributed by atoms with Crippen LogP contribution in [-0.2, 0) is 9.59 Å². The highest BCUT2D eigenvalue weighted by Gasteiger charge is 2.26. The van der Waals surface area contributed by atoms with E-state index in [1.165, 1.54) is 11.8 Å². The van der Waals surface area contributed by atoms with Gasteiger partial charge in [-0.1, -0.05) is 19.1 Å². The minimum Gasteiger partial charge on any atom is -0.354 e. The number of piperidine rings is 1. The fourth-order valence-electron chi connectivity index (χ4n) is 3.29. The molecule has 2 aliphatic rings. The van der Waals surface area contributed by atoms with Crippen LogP contribution in [0.25, 0.3) is 0 Å². The Hall–Kier alpha value is -1.53. The number of benzene rings is 1. The van der Waals surface area contributed by atoms with Crippen LogP contribution in [-0.4, -0.2) is 55.2 Å². The molecule has 0 aliphatic carbocycles. The molecule has 6 heteroatoms. The lowest BCUT2D eigenvalue weighted by molar-refractivity contribution is -0.123. The largest absolute Gasteiger partial charge is 0.354 e. The van der Waals surface area contributed by atoms with Gasteiger partial charge in [-0.05, 0) is 50.5 Å². The molecular weight excluding hydrogens is 322 g/mol. The van der Waals surface area contributed by atoms with E-state index in [2.05, 4.69) is 17.1 Å². The minimum absolute atomic E-state index is 0.00473. The lowest BCUT2D eigenvalue weighted by Gasteiger charge is -2.31. The first-order valence-electron chi connectivity index (χ1n) is 8.68. The molecule has 2 heterocycles. The summed E-state index contributed by atoms with van der Waals surface area (Å²) in [4.78, 5) is 29.6. The number of para-hydroxylation sites is 1. The molecular formula is C18H25N3O2S. The average molecular weight is 347 g/mol. The van der Waals surface area contributed by atoms with Gasteiger partial charge in [0.15, 0.2) is 0 Å². The number of hydrogen-bond donors (Lipinski definition) is 1. The van der Waals surface area contributed by atoms with E-state index in [0.717, 1.165) is 49.6 Å². The van der Waals surface area contributed by atoms with Gasteiger partial charge in [0.1, 0.15) is 6.54 Å². The van der Waals surface area contributed by atoms with Crippen molar-refractivity contribution in [3.05, 3.63) is 24.3 Å². The monoisotopic (exact) mass is 347 g/mol. The first-order chi connectivity index (χ1) is 11.7. The smallest absolute Gasteiger partial charge is 0.240 e. The Morgan fingerprint density at radius 2 is 2.04 bits per heavy atom. The summed E-state index contributed by atoms with van der Waals surface area (Å²) < 4.78 is 0. The van der Waals surface area contributed by atoms with Gasteiger partial charge in [0, 0.05) is 11.4 Å². The number of carbonyl (C=O) groups is 2. The van der Waals surface area contributed by atoms with Crippen molar-refractivity contribution in [2.45, 2.75) is 24.7 Å². The predicted molar refractivity (Wildman–Crippen MR) is 97.4 cm³/mol. The highest BCUT2D eigenvalue weighted by molar-refractivity contribution is 8.00. The average Bonchev–Trinajstić information content (AvgIpc) is 2.63. The second-order valence-electron chi connectivity index (χ2n) is 6.42. The molecule has 0 spiro atoms. The van der Waals surface area contributed by atoms with Crippen LogP contribution in [0.2, 0.25) is 0 Å². The van der Waals surface area contributed by atoms with E-state index in [9.17, 15) is 9.59 Å². The topological polar surface area (TPSA) is 52.7 Å². The first kappa shape index (κ1) is 17.3. The molecule has 1 saturated heterocycles. The summed E-state index contributed by atoms with van der Waals surface area (Å²) in [6, 6.07) is 7.78. The van der Waals surface area contributed by atoms with Crippen LogP contribution in [0.5, 0.6) is 0 Å². The van der Waals surface area contributed by atoms with E-state index in [-0.39, 0.29) is 18.4 Å². The van der Waals surface area contributed by atoms with Gasteiger partial charge < -0.3 is 15.1 Å². The van der Waals surface area contributed by atoms with Crippen LogP contribution in [0, 0.1) is 5.92 Å². The molecule has 1 N–H and O–H groups in total. The van der Waals surface area contributed by atoms with Crippen molar-refractivity contribution < 1.29 is 9.59 Å². The van der Waals surface area contributed by atoms with Crippen LogP contribution < -0.4 is 10.2 Å². The molecule has 2 amide bonds. The number of fused-ring (bicyclic) bond motifs is 1. The van der Waals surface area contributed by atoms with E-state index < -0.39 is 0 Å². The number of amides is 2. The van der Waals surface area contributed by atoms with Crippen LogP contribution in [0.4, 0.5) is 5.69 Å². The second-order valence-corrected chi connectivity index (χ2v) is 7.44. The van der Waals surface area contributed by atoms with Crippen molar-refractivity contribution in [2.24, 2.45) is 5.92 Å². The summed E-state index contributed by atoms with van der Waals surface area (Å²) >= 11 is 1.54. The van der Waals surface area contributed by atoms with Gasteiger partial charge in [0.05, 0.1) is 11.4 Å². The highest BCUT2D eigenvalue weighted by atomic mass is 32.2. The van der Waals surface area contributed by atoms with Gasteiger partial charge in [0.25, 0.3) is 0 Å². The zero-order chi connectivity index (χ0) is 16.9. The van der Waals surface area contributed by atoms with Crippen LogP contribution in [0.1, 0.15) is 19.8 Å². The Labute approximate surface area is 147 Å². The minimum atomic E-state index is -0.0667.